The van der Waals surface area contributed by atoms with Gasteiger partial charge in [-0.25, -0.2) is 0 Å². The smallest absolute Gasteiger partial charge is 0.285 e. The van der Waals surface area contributed by atoms with Gasteiger partial charge in [0.05, 0.1) is 19.8 Å². The molecular formula is C22H28N2O5S. The summed E-state index contributed by atoms with van der Waals surface area (Å²) in [4.78, 5) is 26.9. The van der Waals surface area contributed by atoms with Crippen LogP contribution in [-0.4, -0.2) is 50.0 Å². The Morgan fingerprint density at radius 2 is 1.43 bits per heavy atom. The summed E-state index contributed by atoms with van der Waals surface area (Å²) in [5, 5.41) is 2.79. The molecule has 0 spiro atoms. The van der Waals surface area contributed by atoms with Crippen molar-refractivity contribution in [2.45, 2.75) is 25.7 Å². The number of thioether (sulfide) groups is 1. The van der Waals surface area contributed by atoms with Crippen molar-refractivity contribution in [1.29, 1.82) is 0 Å². The first kappa shape index (κ1) is 23.4. The van der Waals surface area contributed by atoms with Crippen LogP contribution in [0.1, 0.15) is 31.1 Å². The SMILES string of the molecule is CCOc1cc(C(=O)Nc2ccc(SC(=O)N(C)C)cc2)cc(OCC)c1OCC. The summed E-state index contributed by atoms with van der Waals surface area (Å²) in [6.07, 6.45) is 0. The van der Waals surface area contributed by atoms with Crippen molar-refractivity contribution in [2.24, 2.45) is 0 Å². The molecule has 0 aliphatic carbocycles. The predicted molar refractivity (Wildman–Crippen MR) is 119 cm³/mol. The van der Waals surface area contributed by atoms with Crippen LogP contribution >= 0.6 is 11.8 Å². The average Bonchev–Trinajstić information content (AvgIpc) is 2.71. The highest BCUT2D eigenvalue weighted by Crippen LogP contribution is 2.39. The quantitative estimate of drug-likeness (QED) is 0.568. The normalized spacial score (nSPS) is 10.3. The number of ether oxygens (including phenoxy) is 3. The molecular weight excluding hydrogens is 404 g/mol. The average molecular weight is 433 g/mol. The molecule has 2 rings (SSSR count). The highest BCUT2D eigenvalue weighted by atomic mass is 32.2. The van der Waals surface area contributed by atoms with Crippen molar-refractivity contribution in [3.05, 3.63) is 42.0 Å². The zero-order valence-electron chi connectivity index (χ0n) is 18.0. The second kappa shape index (κ2) is 11.3. The fourth-order valence-corrected chi connectivity index (χ4v) is 3.18. The van der Waals surface area contributed by atoms with Crippen LogP contribution in [0.3, 0.4) is 0 Å². The van der Waals surface area contributed by atoms with Gasteiger partial charge in [0, 0.05) is 30.2 Å². The standard InChI is InChI=1S/C22H28N2O5S/c1-6-27-18-13-15(14-19(28-7-2)20(18)29-8-3)21(25)23-16-9-11-17(12-10-16)30-22(26)24(4)5/h9-14H,6-8H2,1-5H3,(H,23,25). The minimum atomic E-state index is -0.301. The fraction of sp³-hybridized carbons (Fsp3) is 0.364. The van der Waals surface area contributed by atoms with Crippen LogP contribution in [-0.2, 0) is 0 Å². The molecule has 0 aliphatic rings. The van der Waals surface area contributed by atoms with Crippen LogP contribution in [0.5, 0.6) is 17.2 Å². The monoisotopic (exact) mass is 432 g/mol. The first-order valence-electron chi connectivity index (χ1n) is 9.76. The van der Waals surface area contributed by atoms with Crippen molar-refractivity contribution in [2.75, 3.05) is 39.2 Å². The van der Waals surface area contributed by atoms with E-state index in [0.717, 1.165) is 16.7 Å². The summed E-state index contributed by atoms with van der Waals surface area (Å²) >= 11 is 1.12. The number of carbonyl (C=O) groups excluding carboxylic acids is 2. The molecule has 0 saturated carbocycles. The number of nitrogens with one attached hydrogen (secondary N) is 1. The maximum Gasteiger partial charge on any atom is 0.285 e. The van der Waals surface area contributed by atoms with E-state index in [2.05, 4.69) is 5.32 Å². The highest BCUT2D eigenvalue weighted by Gasteiger charge is 2.18. The number of anilines is 1. The number of hydrogen-bond acceptors (Lipinski definition) is 6. The van der Waals surface area contributed by atoms with E-state index >= 15 is 0 Å². The minimum Gasteiger partial charge on any atom is -0.490 e. The molecule has 0 atom stereocenters. The van der Waals surface area contributed by atoms with E-state index in [4.69, 9.17) is 14.2 Å². The van der Waals surface area contributed by atoms with Crippen LogP contribution in [0, 0.1) is 0 Å². The molecule has 0 aromatic heterocycles. The number of carbonyl (C=O) groups is 2. The van der Waals surface area contributed by atoms with Crippen molar-refractivity contribution in [3.8, 4) is 17.2 Å². The van der Waals surface area contributed by atoms with Gasteiger partial charge < -0.3 is 24.4 Å². The van der Waals surface area contributed by atoms with E-state index in [9.17, 15) is 9.59 Å². The van der Waals surface area contributed by atoms with E-state index < -0.39 is 0 Å². The first-order chi connectivity index (χ1) is 14.4. The molecule has 0 saturated heterocycles. The Labute approximate surface area is 181 Å². The zero-order valence-corrected chi connectivity index (χ0v) is 18.8. The largest absolute Gasteiger partial charge is 0.490 e. The summed E-state index contributed by atoms with van der Waals surface area (Å²) in [5.41, 5.74) is 1.01. The van der Waals surface area contributed by atoms with Gasteiger partial charge in [-0.2, -0.15) is 0 Å². The van der Waals surface area contributed by atoms with Crippen LogP contribution in [0.25, 0.3) is 0 Å². The van der Waals surface area contributed by atoms with Gasteiger partial charge in [-0.05, 0) is 68.9 Å². The van der Waals surface area contributed by atoms with Crippen LogP contribution in [0.4, 0.5) is 10.5 Å². The van der Waals surface area contributed by atoms with Crippen molar-refractivity contribution < 1.29 is 23.8 Å². The van der Waals surface area contributed by atoms with Crippen molar-refractivity contribution >= 4 is 28.6 Å². The molecule has 2 aromatic carbocycles. The summed E-state index contributed by atoms with van der Waals surface area (Å²) in [6.45, 7) is 6.92. The van der Waals surface area contributed by atoms with Crippen LogP contribution in [0.15, 0.2) is 41.3 Å². The third kappa shape index (κ3) is 6.32. The van der Waals surface area contributed by atoms with Gasteiger partial charge in [-0.1, -0.05) is 0 Å². The molecule has 2 aromatic rings. The number of rotatable bonds is 9. The lowest BCUT2D eigenvalue weighted by Crippen LogP contribution is -2.16. The topological polar surface area (TPSA) is 77.1 Å². The molecule has 0 fully saturated rings. The Balaban J connectivity index is 2.22. The van der Waals surface area contributed by atoms with Gasteiger partial charge in [0.25, 0.3) is 11.1 Å². The van der Waals surface area contributed by atoms with Crippen molar-refractivity contribution in [3.63, 3.8) is 0 Å². The zero-order chi connectivity index (χ0) is 22.1. The first-order valence-corrected chi connectivity index (χ1v) is 10.6. The third-order valence-electron chi connectivity index (χ3n) is 3.85. The summed E-state index contributed by atoms with van der Waals surface area (Å²) in [5.74, 6) is 1.11. The van der Waals surface area contributed by atoms with Gasteiger partial charge >= 0.3 is 0 Å². The van der Waals surface area contributed by atoms with E-state index in [1.54, 1.807) is 50.5 Å². The Morgan fingerprint density at radius 1 is 0.900 bits per heavy atom. The number of benzene rings is 2. The Hall–Kier alpha value is -2.87. The molecule has 1 N–H and O–H groups in total. The second-order valence-electron chi connectivity index (χ2n) is 6.34. The molecule has 0 bridgehead atoms. The third-order valence-corrected chi connectivity index (χ3v) is 4.90. The van der Waals surface area contributed by atoms with E-state index in [1.165, 1.54) is 4.90 Å². The minimum absolute atomic E-state index is 0.0620. The van der Waals surface area contributed by atoms with Crippen LogP contribution < -0.4 is 19.5 Å². The molecule has 8 heteroatoms. The molecule has 162 valence electrons. The number of hydrogen-bond donors (Lipinski definition) is 1. The fourth-order valence-electron chi connectivity index (χ4n) is 2.52. The van der Waals surface area contributed by atoms with Crippen molar-refractivity contribution in [1.82, 2.24) is 4.90 Å². The summed E-state index contributed by atoms with van der Waals surface area (Å²) < 4.78 is 17.0. The lowest BCUT2D eigenvalue weighted by Gasteiger charge is -2.17. The van der Waals surface area contributed by atoms with Gasteiger partial charge in [0.15, 0.2) is 11.5 Å². The maximum atomic E-state index is 12.8. The highest BCUT2D eigenvalue weighted by molar-refractivity contribution is 8.13. The predicted octanol–water partition coefficient (Wildman–Crippen LogP) is 4.91. The van der Waals surface area contributed by atoms with E-state index in [1.807, 2.05) is 20.8 Å². The number of amides is 2. The Morgan fingerprint density at radius 3 is 1.90 bits per heavy atom. The lowest BCUT2D eigenvalue weighted by atomic mass is 10.1. The molecule has 0 aliphatic heterocycles. The van der Waals surface area contributed by atoms with E-state index in [-0.39, 0.29) is 11.1 Å². The van der Waals surface area contributed by atoms with Gasteiger partial charge in [-0.15, -0.1) is 0 Å². The summed E-state index contributed by atoms with van der Waals surface area (Å²) in [7, 11) is 3.40. The van der Waals surface area contributed by atoms with E-state index in [0.29, 0.717) is 48.3 Å². The Kier molecular flexibility index (Phi) is 8.86. The molecule has 30 heavy (non-hydrogen) atoms. The van der Waals surface area contributed by atoms with Gasteiger partial charge in [0.1, 0.15) is 0 Å². The van der Waals surface area contributed by atoms with Crippen LogP contribution in [0.2, 0.25) is 0 Å². The Bertz CT molecular complexity index is 841. The maximum absolute atomic E-state index is 12.8. The molecule has 0 unspecified atom stereocenters. The van der Waals surface area contributed by atoms with Gasteiger partial charge in [0.2, 0.25) is 5.75 Å². The lowest BCUT2D eigenvalue weighted by molar-refractivity contribution is 0.102. The molecule has 2 amide bonds. The molecule has 7 nitrogen and oxygen atoms in total. The second-order valence-corrected chi connectivity index (χ2v) is 7.37. The molecule has 0 heterocycles. The summed E-state index contributed by atoms with van der Waals surface area (Å²) in [6, 6.07) is 10.4. The molecule has 0 radical (unpaired) electrons. The number of nitrogens with zero attached hydrogens (tertiary/aromatic N) is 1. The van der Waals surface area contributed by atoms with Gasteiger partial charge in [-0.3, -0.25) is 9.59 Å².